The first-order valence-electron chi connectivity index (χ1n) is 3.44. The van der Waals surface area contributed by atoms with Gasteiger partial charge in [-0.15, -0.1) is 11.3 Å². The van der Waals surface area contributed by atoms with Gasteiger partial charge in [-0.25, -0.2) is 4.98 Å². The Bertz CT molecular complexity index is 191. The molecule has 4 heteroatoms. The van der Waals surface area contributed by atoms with Crippen molar-refractivity contribution in [2.75, 3.05) is 14.2 Å². The minimum atomic E-state index is 0.668. The van der Waals surface area contributed by atoms with Gasteiger partial charge in [0.2, 0.25) is 0 Å². The molecule has 1 aromatic heterocycles. The molecular weight excluding hydrogens is 160 g/mol. The Morgan fingerprint density at radius 1 is 1.73 bits per heavy atom. The van der Waals surface area contributed by atoms with Gasteiger partial charge in [0.05, 0.1) is 11.5 Å². The zero-order valence-corrected chi connectivity index (χ0v) is 7.57. The predicted octanol–water partition coefficient (Wildman–Crippen LogP) is 1.01. The third-order valence-corrected chi connectivity index (χ3v) is 2.19. The standard InChI is InChI=1S/C7H12N2OS/c1-8-4-7-9-3-6(11-7)5-10-2/h3,8H,4-5H2,1-2H3. The molecule has 62 valence electrons. The van der Waals surface area contributed by atoms with Crippen LogP contribution in [0.2, 0.25) is 0 Å². The summed E-state index contributed by atoms with van der Waals surface area (Å²) in [6.07, 6.45) is 1.86. The zero-order valence-electron chi connectivity index (χ0n) is 6.76. The molecule has 1 N–H and O–H groups in total. The highest BCUT2D eigenvalue weighted by Gasteiger charge is 1.98. The van der Waals surface area contributed by atoms with E-state index in [9.17, 15) is 0 Å². The van der Waals surface area contributed by atoms with E-state index in [1.54, 1.807) is 18.4 Å². The number of nitrogens with one attached hydrogen (secondary N) is 1. The fourth-order valence-corrected chi connectivity index (χ4v) is 1.70. The molecule has 0 atom stereocenters. The summed E-state index contributed by atoms with van der Waals surface area (Å²) in [7, 11) is 3.61. The molecule has 0 amide bonds. The van der Waals surface area contributed by atoms with Gasteiger partial charge in [0, 0.05) is 19.9 Å². The quantitative estimate of drug-likeness (QED) is 0.736. The first-order chi connectivity index (χ1) is 5.36. The van der Waals surface area contributed by atoms with Gasteiger partial charge < -0.3 is 10.1 Å². The number of hydrogen-bond donors (Lipinski definition) is 1. The van der Waals surface area contributed by atoms with Crippen LogP contribution in [-0.4, -0.2) is 19.1 Å². The lowest BCUT2D eigenvalue weighted by Gasteiger charge is -1.91. The summed E-state index contributed by atoms with van der Waals surface area (Å²) in [5, 5.41) is 4.16. The van der Waals surface area contributed by atoms with Crippen molar-refractivity contribution in [1.82, 2.24) is 10.3 Å². The number of hydrogen-bond acceptors (Lipinski definition) is 4. The summed E-state index contributed by atoms with van der Waals surface area (Å²) in [6.45, 7) is 1.51. The molecule has 0 aliphatic heterocycles. The molecule has 0 unspecified atom stereocenters. The molecule has 0 saturated carbocycles. The second kappa shape index (κ2) is 4.43. The van der Waals surface area contributed by atoms with Crippen LogP contribution >= 0.6 is 11.3 Å². The van der Waals surface area contributed by atoms with E-state index in [1.165, 1.54) is 4.88 Å². The summed E-state index contributed by atoms with van der Waals surface area (Å²) in [5.41, 5.74) is 0. The normalized spacial score (nSPS) is 10.4. The van der Waals surface area contributed by atoms with Crippen molar-refractivity contribution in [3.63, 3.8) is 0 Å². The van der Waals surface area contributed by atoms with E-state index in [4.69, 9.17) is 4.74 Å². The van der Waals surface area contributed by atoms with E-state index in [-0.39, 0.29) is 0 Å². The van der Waals surface area contributed by atoms with Crippen LogP contribution in [0.4, 0.5) is 0 Å². The molecule has 11 heavy (non-hydrogen) atoms. The zero-order chi connectivity index (χ0) is 8.10. The van der Waals surface area contributed by atoms with Gasteiger partial charge in [-0.3, -0.25) is 0 Å². The van der Waals surface area contributed by atoms with Crippen molar-refractivity contribution in [3.05, 3.63) is 16.1 Å². The SMILES string of the molecule is CNCc1ncc(COC)s1. The maximum absolute atomic E-state index is 4.97. The summed E-state index contributed by atoms with van der Waals surface area (Å²) >= 11 is 1.68. The highest BCUT2D eigenvalue weighted by molar-refractivity contribution is 7.11. The number of aromatic nitrogens is 1. The fourth-order valence-electron chi connectivity index (χ4n) is 0.790. The van der Waals surface area contributed by atoms with Crippen molar-refractivity contribution >= 4 is 11.3 Å². The Labute approximate surface area is 70.4 Å². The first kappa shape index (κ1) is 8.64. The van der Waals surface area contributed by atoms with E-state index in [1.807, 2.05) is 13.2 Å². The molecule has 0 aliphatic rings. The fraction of sp³-hybridized carbons (Fsp3) is 0.571. The summed E-state index contributed by atoms with van der Waals surface area (Å²) in [5.74, 6) is 0. The smallest absolute Gasteiger partial charge is 0.107 e. The van der Waals surface area contributed by atoms with Gasteiger partial charge >= 0.3 is 0 Å². The van der Waals surface area contributed by atoms with Crippen LogP contribution in [0, 0.1) is 0 Å². The second-order valence-corrected chi connectivity index (χ2v) is 3.38. The van der Waals surface area contributed by atoms with Gasteiger partial charge in [0.1, 0.15) is 5.01 Å². The summed E-state index contributed by atoms with van der Waals surface area (Å²) in [4.78, 5) is 5.38. The number of nitrogens with zero attached hydrogens (tertiary/aromatic N) is 1. The monoisotopic (exact) mass is 172 g/mol. The van der Waals surface area contributed by atoms with E-state index in [0.717, 1.165) is 11.6 Å². The van der Waals surface area contributed by atoms with Crippen LogP contribution in [0.1, 0.15) is 9.88 Å². The van der Waals surface area contributed by atoms with E-state index in [0.29, 0.717) is 6.61 Å². The molecule has 0 saturated heterocycles. The topological polar surface area (TPSA) is 34.2 Å². The second-order valence-electron chi connectivity index (χ2n) is 2.18. The molecule has 3 nitrogen and oxygen atoms in total. The molecular formula is C7H12N2OS. The van der Waals surface area contributed by atoms with Crippen LogP contribution in [-0.2, 0) is 17.9 Å². The van der Waals surface area contributed by atoms with Gasteiger partial charge in [-0.2, -0.15) is 0 Å². The molecule has 0 fully saturated rings. The van der Waals surface area contributed by atoms with Crippen LogP contribution < -0.4 is 5.32 Å². The minimum Gasteiger partial charge on any atom is -0.379 e. The van der Waals surface area contributed by atoms with E-state index in [2.05, 4.69) is 10.3 Å². The maximum Gasteiger partial charge on any atom is 0.107 e. The number of thiazole rings is 1. The molecule has 1 rings (SSSR count). The Balaban J connectivity index is 2.51. The molecule has 1 aromatic rings. The highest BCUT2D eigenvalue weighted by atomic mass is 32.1. The molecule has 1 heterocycles. The molecule has 0 spiro atoms. The Hall–Kier alpha value is -0.450. The lowest BCUT2D eigenvalue weighted by Crippen LogP contribution is -2.03. The number of ether oxygens (including phenoxy) is 1. The van der Waals surface area contributed by atoms with Crippen molar-refractivity contribution < 1.29 is 4.74 Å². The Kier molecular flexibility index (Phi) is 3.48. The Morgan fingerprint density at radius 3 is 3.18 bits per heavy atom. The molecule has 0 aromatic carbocycles. The van der Waals surface area contributed by atoms with E-state index < -0.39 is 0 Å². The largest absolute Gasteiger partial charge is 0.379 e. The number of methoxy groups -OCH3 is 1. The third kappa shape index (κ3) is 2.57. The Morgan fingerprint density at radius 2 is 2.55 bits per heavy atom. The molecule has 0 aliphatic carbocycles. The van der Waals surface area contributed by atoms with Crippen molar-refractivity contribution in [3.8, 4) is 0 Å². The average Bonchev–Trinajstić information content (AvgIpc) is 2.38. The van der Waals surface area contributed by atoms with Crippen LogP contribution in [0.25, 0.3) is 0 Å². The minimum absolute atomic E-state index is 0.668. The van der Waals surface area contributed by atoms with Gasteiger partial charge in [-0.1, -0.05) is 0 Å². The van der Waals surface area contributed by atoms with Crippen LogP contribution in [0.15, 0.2) is 6.20 Å². The lowest BCUT2D eigenvalue weighted by atomic mass is 10.6. The van der Waals surface area contributed by atoms with Crippen LogP contribution in [0.5, 0.6) is 0 Å². The van der Waals surface area contributed by atoms with E-state index >= 15 is 0 Å². The first-order valence-corrected chi connectivity index (χ1v) is 4.25. The van der Waals surface area contributed by atoms with Crippen molar-refractivity contribution in [2.45, 2.75) is 13.2 Å². The summed E-state index contributed by atoms with van der Waals surface area (Å²) < 4.78 is 4.97. The van der Waals surface area contributed by atoms with Crippen molar-refractivity contribution in [2.24, 2.45) is 0 Å². The lowest BCUT2D eigenvalue weighted by molar-refractivity contribution is 0.187. The van der Waals surface area contributed by atoms with Gasteiger partial charge in [-0.05, 0) is 7.05 Å². The summed E-state index contributed by atoms with van der Waals surface area (Å²) in [6, 6.07) is 0. The van der Waals surface area contributed by atoms with Crippen molar-refractivity contribution in [1.29, 1.82) is 0 Å². The van der Waals surface area contributed by atoms with Crippen LogP contribution in [0.3, 0.4) is 0 Å². The molecule has 0 radical (unpaired) electrons. The molecule has 0 bridgehead atoms. The van der Waals surface area contributed by atoms with Gasteiger partial charge in [0.25, 0.3) is 0 Å². The average molecular weight is 172 g/mol. The maximum atomic E-state index is 4.97. The predicted molar refractivity (Wildman–Crippen MR) is 45.6 cm³/mol. The van der Waals surface area contributed by atoms with Gasteiger partial charge in [0.15, 0.2) is 0 Å². The third-order valence-electron chi connectivity index (χ3n) is 1.22. The number of rotatable bonds is 4. The highest BCUT2D eigenvalue weighted by Crippen LogP contribution is 2.12.